The van der Waals surface area contributed by atoms with E-state index in [2.05, 4.69) is 18.9 Å². The molecule has 0 N–H and O–H groups in total. The molecular formula is C7H15N2. The average molecular weight is 127 g/mol. The highest BCUT2D eigenvalue weighted by Gasteiger charge is 1.92. The molecule has 0 bridgehead atoms. The monoisotopic (exact) mass is 127 g/mol. The van der Waals surface area contributed by atoms with Gasteiger partial charge in [-0.3, -0.25) is 5.01 Å². The van der Waals surface area contributed by atoms with Gasteiger partial charge in [0.05, 0.1) is 6.72 Å². The van der Waals surface area contributed by atoms with E-state index >= 15 is 0 Å². The topological polar surface area (TPSA) is 15.6 Å². The van der Waals surface area contributed by atoms with E-state index in [1.807, 2.05) is 5.01 Å². The molecule has 1 radical (unpaired) electrons. The van der Waals surface area contributed by atoms with Gasteiger partial charge in [-0.05, 0) is 12.8 Å². The maximum atomic E-state index is 5.10. The summed E-state index contributed by atoms with van der Waals surface area (Å²) in [6, 6.07) is 0. The zero-order valence-corrected chi connectivity index (χ0v) is 6.30. The molecule has 0 aromatic rings. The molecule has 0 saturated heterocycles. The summed E-state index contributed by atoms with van der Waals surface area (Å²) >= 11 is 0. The normalized spacial score (nSPS) is 9.11. The molecule has 0 aromatic carbocycles. The Hall–Kier alpha value is -0.530. The van der Waals surface area contributed by atoms with Gasteiger partial charge in [-0.1, -0.05) is 13.8 Å². The minimum atomic E-state index is 0.977. The highest BCUT2D eigenvalue weighted by Crippen LogP contribution is 1.92. The van der Waals surface area contributed by atoms with Crippen molar-refractivity contribution in [2.24, 2.45) is 5.10 Å². The van der Waals surface area contributed by atoms with Crippen molar-refractivity contribution in [2.75, 3.05) is 13.1 Å². The van der Waals surface area contributed by atoms with Crippen LogP contribution in [0.2, 0.25) is 0 Å². The molecule has 0 heterocycles. The molecule has 0 saturated carbocycles. The predicted octanol–water partition coefficient (Wildman–Crippen LogP) is 1.60. The molecule has 0 spiro atoms. The lowest BCUT2D eigenvalue weighted by Crippen LogP contribution is -2.18. The van der Waals surface area contributed by atoms with Crippen molar-refractivity contribution in [1.29, 1.82) is 0 Å². The summed E-state index contributed by atoms with van der Waals surface area (Å²) in [5.41, 5.74) is 0. The fraction of sp³-hybridized carbons (Fsp3) is 0.857. The van der Waals surface area contributed by atoms with E-state index in [1.165, 1.54) is 0 Å². The van der Waals surface area contributed by atoms with Gasteiger partial charge in [0, 0.05) is 13.1 Å². The second kappa shape index (κ2) is 5.60. The minimum Gasteiger partial charge on any atom is -0.297 e. The Balaban J connectivity index is 3.29. The van der Waals surface area contributed by atoms with Crippen LogP contribution in [0, 0.1) is 0 Å². The van der Waals surface area contributed by atoms with E-state index in [1.54, 1.807) is 0 Å². The second-order valence-electron chi connectivity index (χ2n) is 2.07. The van der Waals surface area contributed by atoms with Crippen molar-refractivity contribution < 1.29 is 0 Å². The van der Waals surface area contributed by atoms with Crippen LogP contribution in [0.15, 0.2) is 5.10 Å². The highest BCUT2D eigenvalue weighted by atomic mass is 15.4. The Kier molecular flexibility index (Phi) is 5.27. The molecule has 0 amide bonds. The van der Waals surface area contributed by atoms with Gasteiger partial charge in [0.2, 0.25) is 0 Å². The minimum absolute atomic E-state index is 0.977. The molecule has 0 aliphatic rings. The highest BCUT2D eigenvalue weighted by molar-refractivity contribution is 5.22. The van der Waals surface area contributed by atoms with Crippen LogP contribution < -0.4 is 0 Å². The number of hydrogen-bond donors (Lipinski definition) is 0. The summed E-state index contributed by atoms with van der Waals surface area (Å²) < 4.78 is 0. The molecule has 9 heavy (non-hydrogen) atoms. The van der Waals surface area contributed by atoms with Crippen molar-refractivity contribution in [3.63, 3.8) is 0 Å². The fourth-order valence-electron chi connectivity index (χ4n) is 0.744. The van der Waals surface area contributed by atoms with Crippen LogP contribution in [0.25, 0.3) is 0 Å². The molecule has 0 atom stereocenters. The molecular weight excluding hydrogens is 112 g/mol. The maximum absolute atomic E-state index is 5.10. The van der Waals surface area contributed by atoms with Crippen molar-refractivity contribution in [1.82, 2.24) is 5.01 Å². The van der Waals surface area contributed by atoms with Gasteiger partial charge in [0.15, 0.2) is 0 Å². The molecule has 0 rings (SSSR count). The quantitative estimate of drug-likeness (QED) is 0.404. The van der Waals surface area contributed by atoms with Crippen LogP contribution in [0.5, 0.6) is 0 Å². The molecule has 2 nitrogen and oxygen atoms in total. The van der Waals surface area contributed by atoms with Gasteiger partial charge in [0.1, 0.15) is 0 Å². The molecule has 0 aliphatic carbocycles. The van der Waals surface area contributed by atoms with Gasteiger partial charge in [0.25, 0.3) is 0 Å². The fourth-order valence-corrected chi connectivity index (χ4v) is 0.744. The van der Waals surface area contributed by atoms with Crippen molar-refractivity contribution >= 4 is 6.72 Å². The molecule has 0 fully saturated rings. The van der Waals surface area contributed by atoms with E-state index < -0.39 is 0 Å². The standard InChI is InChI=1S/C7H15N2/c1-4-6-9(8-3)7-5-2/h3H,4-7H2,1-2H3. The summed E-state index contributed by atoms with van der Waals surface area (Å²) in [6.07, 6.45) is 2.22. The van der Waals surface area contributed by atoms with Gasteiger partial charge in [-0.25, -0.2) is 0 Å². The summed E-state index contributed by atoms with van der Waals surface area (Å²) in [7, 11) is 0. The lowest BCUT2D eigenvalue weighted by atomic mass is 10.4. The molecule has 2 heteroatoms. The Morgan fingerprint density at radius 2 is 1.67 bits per heavy atom. The Labute approximate surface area is 57.6 Å². The van der Waals surface area contributed by atoms with E-state index in [0.717, 1.165) is 25.9 Å². The molecule has 0 unspecified atom stereocenters. The number of rotatable bonds is 5. The maximum Gasteiger partial charge on any atom is 0.0671 e. The first-order valence-electron chi connectivity index (χ1n) is 3.50. The number of hydrazone groups is 1. The number of hydrogen-bond acceptors (Lipinski definition) is 2. The second-order valence-corrected chi connectivity index (χ2v) is 2.07. The predicted molar refractivity (Wildman–Crippen MR) is 40.6 cm³/mol. The Bertz CT molecular complexity index is 65.3. The van der Waals surface area contributed by atoms with E-state index in [4.69, 9.17) is 6.72 Å². The first kappa shape index (κ1) is 8.47. The summed E-state index contributed by atoms with van der Waals surface area (Å²) in [6.45, 7) is 11.3. The van der Waals surface area contributed by atoms with Crippen LogP contribution >= 0.6 is 0 Å². The third-order valence-electron chi connectivity index (χ3n) is 1.13. The Morgan fingerprint density at radius 3 is 1.89 bits per heavy atom. The summed E-state index contributed by atoms with van der Waals surface area (Å²) in [4.78, 5) is 0. The van der Waals surface area contributed by atoms with Gasteiger partial charge in [-0.2, -0.15) is 5.10 Å². The first-order chi connectivity index (χ1) is 4.35. The van der Waals surface area contributed by atoms with Crippen molar-refractivity contribution in [3.05, 3.63) is 0 Å². The lowest BCUT2D eigenvalue weighted by Gasteiger charge is -2.15. The third kappa shape index (κ3) is 4.01. The van der Waals surface area contributed by atoms with Crippen LogP contribution in [0.3, 0.4) is 0 Å². The SMILES string of the molecule is [CH]=NN(CCC)CCC. The van der Waals surface area contributed by atoms with Crippen molar-refractivity contribution in [2.45, 2.75) is 26.7 Å². The lowest BCUT2D eigenvalue weighted by molar-refractivity contribution is 0.292. The van der Waals surface area contributed by atoms with Crippen molar-refractivity contribution in [3.8, 4) is 0 Å². The molecule has 0 aromatic heterocycles. The Morgan fingerprint density at radius 1 is 1.22 bits per heavy atom. The van der Waals surface area contributed by atoms with Crippen LogP contribution in [0.4, 0.5) is 0 Å². The molecule has 0 aliphatic heterocycles. The molecule has 53 valence electrons. The van der Waals surface area contributed by atoms with Crippen LogP contribution in [0.1, 0.15) is 26.7 Å². The number of nitrogens with zero attached hydrogens (tertiary/aromatic N) is 2. The van der Waals surface area contributed by atoms with Gasteiger partial charge >= 0.3 is 0 Å². The average Bonchev–Trinajstić information content (AvgIpc) is 1.88. The van der Waals surface area contributed by atoms with Gasteiger partial charge in [-0.15, -0.1) is 0 Å². The van der Waals surface area contributed by atoms with Crippen LogP contribution in [-0.4, -0.2) is 24.8 Å². The zero-order valence-electron chi connectivity index (χ0n) is 6.30. The summed E-state index contributed by atoms with van der Waals surface area (Å²) in [5, 5.41) is 5.49. The van der Waals surface area contributed by atoms with E-state index in [9.17, 15) is 0 Å². The van der Waals surface area contributed by atoms with E-state index in [0.29, 0.717) is 0 Å². The third-order valence-corrected chi connectivity index (χ3v) is 1.13. The first-order valence-corrected chi connectivity index (χ1v) is 3.50. The largest absolute Gasteiger partial charge is 0.297 e. The summed E-state index contributed by atoms with van der Waals surface area (Å²) in [5.74, 6) is 0. The smallest absolute Gasteiger partial charge is 0.0671 e. The van der Waals surface area contributed by atoms with Crippen LogP contribution in [-0.2, 0) is 0 Å². The zero-order chi connectivity index (χ0) is 7.11. The van der Waals surface area contributed by atoms with Gasteiger partial charge < -0.3 is 0 Å². The van der Waals surface area contributed by atoms with E-state index in [-0.39, 0.29) is 0 Å².